The standard InChI is InChI=1S/C16H12Cl2F3N5O/c1-8(13-12(21)14(17)23-6-22-13)16(27,5-26-7-24-15(18)25-26)10-3-2-9(19)4-11(10)20/h2-4,6-8,27H,5H2,1H3. The Labute approximate surface area is 161 Å². The van der Waals surface area contributed by atoms with Crippen molar-refractivity contribution in [1.29, 1.82) is 0 Å². The lowest BCUT2D eigenvalue weighted by atomic mass is 9.79. The summed E-state index contributed by atoms with van der Waals surface area (Å²) in [5, 5.41) is 14.7. The summed E-state index contributed by atoms with van der Waals surface area (Å²) in [4.78, 5) is 11.1. The Morgan fingerprint density at radius 3 is 2.56 bits per heavy atom. The van der Waals surface area contributed by atoms with Gasteiger partial charge < -0.3 is 5.11 Å². The molecule has 2 aromatic heterocycles. The molecular formula is C16H12Cl2F3N5O. The van der Waals surface area contributed by atoms with Gasteiger partial charge in [-0.05, 0) is 17.7 Å². The molecule has 11 heteroatoms. The summed E-state index contributed by atoms with van der Waals surface area (Å²) < 4.78 is 43.4. The van der Waals surface area contributed by atoms with Gasteiger partial charge >= 0.3 is 0 Å². The van der Waals surface area contributed by atoms with Gasteiger partial charge in [-0.1, -0.05) is 24.6 Å². The van der Waals surface area contributed by atoms with E-state index in [1.807, 2.05) is 0 Å². The van der Waals surface area contributed by atoms with Crippen LogP contribution in [0.15, 0.2) is 30.9 Å². The molecule has 2 unspecified atom stereocenters. The summed E-state index contributed by atoms with van der Waals surface area (Å²) in [6.45, 7) is 1.06. The summed E-state index contributed by atoms with van der Waals surface area (Å²) in [6.07, 6.45) is 2.23. The minimum atomic E-state index is -2.09. The highest BCUT2D eigenvalue weighted by Gasteiger charge is 2.42. The summed E-state index contributed by atoms with van der Waals surface area (Å²) in [5.74, 6) is -3.92. The zero-order valence-corrected chi connectivity index (χ0v) is 15.3. The van der Waals surface area contributed by atoms with E-state index in [1.54, 1.807) is 0 Å². The largest absolute Gasteiger partial charge is 0.382 e. The molecule has 0 amide bonds. The maximum Gasteiger partial charge on any atom is 0.242 e. The van der Waals surface area contributed by atoms with Crippen LogP contribution in [0.2, 0.25) is 10.4 Å². The molecule has 27 heavy (non-hydrogen) atoms. The summed E-state index contributed by atoms with van der Waals surface area (Å²) in [5.41, 5.74) is -2.61. The van der Waals surface area contributed by atoms with Gasteiger partial charge in [-0.15, -0.1) is 5.10 Å². The third-order valence-corrected chi connectivity index (χ3v) is 4.65. The molecule has 0 aliphatic rings. The number of nitrogens with zero attached hydrogens (tertiary/aromatic N) is 5. The van der Waals surface area contributed by atoms with Crippen molar-refractivity contribution in [3.63, 3.8) is 0 Å². The second-order valence-corrected chi connectivity index (χ2v) is 6.54. The highest BCUT2D eigenvalue weighted by Crippen LogP contribution is 2.40. The van der Waals surface area contributed by atoms with E-state index in [2.05, 4.69) is 20.1 Å². The van der Waals surface area contributed by atoms with Crippen LogP contribution in [-0.4, -0.2) is 29.8 Å². The maximum atomic E-state index is 14.5. The molecule has 2 atom stereocenters. The monoisotopic (exact) mass is 417 g/mol. The van der Waals surface area contributed by atoms with Crippen LogP contribution in [0.1, 0.15) is 24.1 Å². The lowest BCUT2D eigenvalue weighted by Crippen LogP contribution is -2.39. The van der Waals surface area contributed by atoms with Crippen molar-refractivity contribution in [3.05, 3.63) is 70.0 Å². The van der Waals surface area contributed by atoms with E-state index >= 15 is 0 Å². The van der Waals surface area contributed by atoms with Crippen LogP contribution in [0.4, 0.5) is 13.2 Å². The molecule has 0 bridgehead atoms. The van der Waals surface area contributed by atoms with Gasteiger partial charge in [0.25, 0.3) is 0 Å². The van der Waals surface area contributed by atoms with Gasteiger partial charge in [0.2, 0.25) is 5.28 Å². The second kappa shape index (κ2) is 7.41. The fraction of sp³-hybridized carbons (Fsp3) is 0.250. The predicted molar refractivity (Wildman–Crippen MR) is 90.7 cm³/mol. The molecule has 3 rings (SSSR count). The van der Waals surface area contributed by atoms with Crippen LogP contribution in [0.5, 0.6) is 0 Å². The lowest BCUT2D eigenvalue weighted by Gasteiger charge is -2.34. The number of benzene rings is 1. The van der Waals surface area contributed by atoms with Gasteiger partial charge in [-0.25, -0.2) is 32.8 Å². The highest BCUT2D eigenvalue weighted by atomic mass is 35.5. The van der Waals surface area contributed by atoms with Crippen molar-refractivity contribution >= 4 is 23.2 Å². The quantitative estimate of drug-likeness (QED) is 0.643. The Kier molecular flexibility index (Phi) is 5.36. The van der Waals surface area contributed by atoms with Crippen molar-refractivity contribution in [2.45, 2.75) is 25.0 Å². The van der Waals surface area contributed by atoms with Gasteiger partial charge in [0.15, 0.2) is 11.0 Å². The Morgan fingerprint density at radius 1 is 1.19 bits per heavy atom. The van der Waals surface area contributed by atoms with Crippen LogP contribution in [0, 0.1) is 17.5 Å². The molecule has 0 saturated heterocycles. The molecule has 1 aromatic carbocycles. The Morgan fingerprint density at radius 2 is 1.93 bits per heavy atom. The number of aliphatic hydroxyl groups is 1. The normalized spacial score (nSPS) is 14.8. The summed E-state index contributed by atoms with van der Waals surface area (Å²) in [6, 6.07) is 2.67. The molecule has 3 aromatic rings. The summed E-state index contributed by atoms with van der Waals surface area (Å²) in [7, 11) is 0. The third-order valence-electron chi connectivity index (χ3n) is 4.21. The number of hydrogen-bond acceptors (Lipinski definition) is 5. The first-order valence-corrected chi connectivity index (χ1v) is 8.36. The molecule has 0 radical (unpaired) electrons. The van der Waals surface area contributed by atoms with E-state index in [1.165, 1.54) is 13.3 Å². The molecule has 142 valence electrons. The Balaban J connectivity index is 2.15. The van der Waals surface area contributed by atoms with Crippen molar-refractivity contribution in [1.82, 2.24) is 24.7 Å². The van der Waals surface area contributed by atoms with Crippen LogP contribution >= 0.6 is 23.2 Å². The molecule has 0 aliphatic carbocycles. The zero-order chi connectivity index (χ0) is 19.8. The minimum absolute atomic E-state index is 0.0964. The van der Waals surface area contributed by atoms with E-state index < -0.39 is 34.1 Å². The summed E-state index contributed by atoms with van der Waals surface area (Å²) >= 11 is 11.4. The van der Waals surface area contributed by atoms with Crippen molar-refractivity contribution in [2.24, 2.45) is 0 Å². The number of halogens is 5. The molecule has 2 heterocycles. The Hall–Kier alpha value is -2.23. The predicted octanol–water partition coefficient (Wildman–Crippen LogP) is 3.48. The maximum absolute atomic E-state index is 14.5. The second-order valence-electron chi connectivity index (χ2n) is 5.84. The first kappa shape index (κ1) is 19.5. The van der Waals surface area contributed by atoms with Gasteiger partial charge in [0, 0.05) is 17.5 Å². The van der Waals surface area contributed by atoms with Gasteiger partial charge in [-0.2, -0.15) is 0 Å². The number of aromatic nitrogens is 5. The smallest absolute Gasteiger partial charge is 0.242 e. The average Bonchev–Trinajstić information content (AvgIpc) is 3.01. The molecule has 0 fully saturated rings. The van der Waals surface area contributed by atoms with Crippen molar-refractivity contribution in [2.75, 3.05) is 0 Å². The van der Waals surface area contributed by atoms with E-state index in [4.69, 9.17) is 23.2 Å². The van der Waals surface area contributed by atoms with Crippen LogP contribution < -0.4 is 0 Å². The minimum Gasteiger partial charge on any atom is -0.382 e. The van der Waals surface area contributed by atoms with E-state index in [-0.39, 0.29) is 23.1 Å². The van der Waals surface area contributed by atoms with Crippen LogP contribution in [0.25, 0.3) is 0 Å². The molecule has 6 nitrogen and oxygen atoms in total. The van der Waals surface area contributed by atoms with E-state index in [9.17, 15) is 18.3 Å². The number of rotatable bonds is 5. The molecule has 0 aliphatic heterocycles. The highest BCUT2D eigenvalue weighted by molar-refractivity contribution is 6.29. The first-order chi connectivity index (χ1) is 12.7. The van der Waals surface area contributed by atoms with E-state index in [0.29, 0.717) is 6.07 Å². The van der Waals surface area contributed by atoms with Crippen LogP contribution in [-0.2, 0) is 12.1 Å². The first-order valence-electron chi connectivity index (χ1n) is 7.61. The average molecular weight is 418 g/mol. The SMILES string of the molecule is CC(c1ncnc(Cl)c1F)C(O)(Cn1cnc(Cl)n1)c1ccc(F)cc1F. The third kappa shape index (κ3) is 3.76. The molecule has 0 spiro atoms. The van der Waals surface area contributed by atoms with E-state index in [0.717, 1.165) is 23.1 Å². The molecular weight excluding hydrogens is 406 g/mol. The lowest BCUT2D eigenvalue weighted by molar-refractivity contribution is -0.0133. The molecule has 1 N–H and O–H groups in total. The van der Waals surface area contributed by atoms with Gasteiger partial charge in [-0.3, -0.25) is 0 Å². The zero-order valence-electron chi connectivity index (χ0n) is 13.7. The van der Waals surface area contributed by atoms with Crippen molar-refractivity contribution < 1.29 is 18.3 Å². The fourth-order valence-corrected chi connectivity index (χ4v) is 3.06. The Bertz CT molecular complexity index is 986. The molecule has 0 saturated carbocycles. The fourth-order valence-electron chi connectivity index (χ4n) is 2.78. The van der Waals surface area contributed by atoms with Gasteiger partial charge in [0.1, 0.15) is 29.9 Å². The van der Waals surface area contributed by atoms with Gasteiger partial charge in [0.05, 0.1) is 12.2 Å². The van der Waals surface area contributed by atoms with Crippen molar-refractivity contribution in [3.8, 4) is 0 Å². The number of hydrogen-bond donors (Lipinski definition) is 1. The topological polar surface area (TPSA) is 76.7 Å². The van der Waals surface area contributed by atoms with Crippen LogP contribution in [0.3, 0.4) is 0 Å².